The first-order valence-corrected chi connectivity index (χ1v) is 5.63. The zero-order valence-corrected chi connectivity index (χ0v) is 9.65. The van der Waals surface area contributed by atoms with Gasteiger partial charge in [-0.25, -0.2) is 4.79 Å². The van der Waals surface area contributed by atoms with E-state index in [1.807, 2.05) is 30.3 Å². The monoisotopic (exact) mass is 218 g/mol. The predicted octanol–water partition coefficient (Wildman–Crippen LogP) is 3.60. The molecule has 0 spiro atoms. The fraction of sp³-hybridized carbons (Fsp3) is 0.357. The molecule has 1 unspecified atom stereocenters. The Labute approximate surface area is 96.6 Å². The van der Waals surface area contributed by atoms with Gasteiger partial charge in [0, 0.05) is 11.5 Å². The van der Waals surface area contributed by atoms with Gasteiger partial charge in [-0.1, -0.05) is 56.7 Å². The normalized spacial score (nSPS) is 12.1. The second-order valence-corrected chi connectivity index (χ2v) is 3.94. The zero-order chi connectivity index (χ0) is 12.0. The highest BCUT2D eigenvalue weighted by Gasteiger charge is 2.19. The molecule has 0 aromatic heterocycles. The number of benzene rings is 1. The first-order chi connectivity index (χ1) is 7.66. The van der Waals surface area contributed by atoms with Crippen molar-refractivity contribution in [3.05, 3.63) is 48.0 Å². The predicted molar refractivity (Wildman–Crippen MR) is 65.5 cm³/mol. The number of rotatable bonds is 6. The number of unbranched alkanes of at least 4 members (excludes halogenated alkanes) is 1. The van der Waals surface area contributed by atoms with Gasteiger partial charge >= 0.3 is 5.97 Å². The van der Waals surface area contributed by atoms with Crippen molar-refractivity contribution in [2.24, 2.45) is 0 Å². The first-order valence-electron chi connectivity index (χ1n) is 5.63. The topological polar surface area (TPSA) is 37.3 Å². The lowest BCUT2D eigenvalue weighted by molar-refractivity contribution is -0.132. The lowest BCUT2D eigenvalue weighted by Gasteiger charge is -2.16. The molecule has 0 amide bonds. The average molecular weight is 218 g/mol. The maximum Gasteiger partial charge on any atom is 0.331 e. The molecule has 0 aliphatic rings. The summed E-state index contributed by atoms with van der Waals surface area (Å²) in [6.07, 6.45) is 2.94. The molecule has 0 fully saturated rings. The van der Waals surface area contributed by atoms with Crippen molar-refractivity contribution in [1.29, 1.82) is 0 Å². The lowest BCUT2D eigenvalue weighted by atomic mass is 9.87. The van der Waals surface area contributed by atoms with Crippen LogP contribution in [0, 0.1) is 0 Å². The molecule has 0 saturated carbocycles. The summed E-state index contributed by atoms with van der Waals surface area (Å²) in [6.45, 7) is 5.79. The molecule has 2 heteroatoms. The maximum absolute atomic E-state index is 11.0. The van der Waals surface area contributed by atoms with Crippen molar-refractivity contribution in [2.75, 3.05) is 0 Å². The molecule has 1 rings (SSSR count). The van der Waals surface area contributed by atoms with Gasteiger partial charge in [0.2, 0.25) is 0 Å². The quantitative estimate of drug-likeness (QED) is 0.741. The summed E-state index contributed by atoms with van der Waals surface area (Å²) < 4.78 is 0. The van der Waals surface area contributed by atoms with Crippen LogP contribution in [0.2, 0.25) is 0 Å². The number of aliphatic carboxylic acids is 1. The molecule has 0 heterocycles. The molecule has 0 bridgehead atoms. The fourth-order valence-corrected chi connectivity index (χ4v) is 1.78. The Kier molecular flexibility index (Phi) is 4.77. The second kappa shape index (κ2) is 6.11. The third-order valence-corrected chi connectivity index (χ3v) is 2.74. The highest BCUT2D eigenvalue weighted by atomic mass is 16.4. The minimum absolute atomic E-state index is 0.0568. The van der Waals surface area contributed by atoms with E-state index in [-0.39, 0.29) is 5.92 Å². The number of carboxylic acid groups (broad SMARTS) is 1. The summed E-state index contributed by atoms with van der Waals surface area (Å²) in [4.78, 5) is 11.0. The van der Waals surface area contributed by atoms with Crippen LogP contribution in [0.3, 0.4) is 0 Å². The van der Waals surface area contributed by atoms with Crippen LogP contribution in [0.1, 0.15) is 37.7 Å². The SMILES string of the molecule is C=C(C(=O)O)C(CCCC)c1ccccc1. The van der Waals surface area contributed by atoms with Crippen molar-refractivity contribution in [3.63, 3.8) is 0 Å². The average Bonchev–Trinajstić information content (AvgIpc) is 2.30. The van der Waals surface area contributed by atoms with Gasteiger partial charge in [0.15, 0.2) is 0 Å². The van der Waals surface area contributed by atoms with E-state index in [0.29, 0.717) is 5.57 Å². The van der Waals surface area contributed by atoms with E-state index in [4.69, 9.17) is 5.11 Å². The molecular weight excluding hydrogens is 200 g/mol. The fourth-order valence-electron chi connectivity index (χ4n) is 1.78. The second-order valence-electron chi connectivity index (χ2n) is 3.94. The number of hydrogen-bond donors (Lipinski definition) is 1. The van der Waals surface area contributed by atoms with E-state index in [1.54, 1.807) is 0 Å². The van der Waals surface area contributed by atoms with Gasteiger partial charge in [-0.3, -0.25) is 0 Å². The number of hydrogen-bond acceptors (Lipinski definition) is 1. The van der Waals surface area contributed by atoms with Gasteiger partial charge in [-0.05, 0) is 12.0 Å². The van der Waals surface area contributed by atoms with Crippen LogP contribution in [-0.4, -0.2) is 11.1 Å². The summed E-state index contributed by atoms with van der Waals surface area (Å²) in [5.41, 5.74) is 1.34. The molecule has 1 aromatic carbocycles. The Balaban J connectivity index is 2.87. The highest BCUT2D eigenvalue weighted by Crippen LogP contribution is 2.28. The first kappa shape index (κ1) is 12.5. The van der Waals surface area contributed by atoms with Crippen molar-refractivity contribution in [1.82, 2.24) is 0 Å². The molecular formula is C14H18O2. The Morgan fingerprint density at radius 2 is 2.00 bits per heavy atom. The molecule has 0 radical (unpaired) electrons. The lowest BCUT2D eigenvalue weighted by Crippen LogP contribution is -2.10. The van der Waals surface area contributed by atoms with Crippen LogP contribution in [0.15, 0.2) is 42.5 Å². The third-order valence-electron chi connectivity index (χ3n) is 2.74. The van der Waals surface area contributed by atoms with E-state index >= 15 is 0 Å². The van der Waals surface area contributed by atoms with E-state index in [2.05, 4.69) is 13.5 Å². The standard InChI is InChI=1S/C14H18O2/c1-3-4-10-13(11(2)14(15)16)12-8-6-5-7-9-12/h5-9,13H,2-4,10H2,1H3,(H,15,16). The van der Waals surface area contributed by atoms with Crippen molar-refractivity contribution < 1.29 is 9.90 Å². The third kappa shape index (κ3) is 3.23. The minimum atomic E-state index is -0.898. The van der Waals surface area contributed by atoms with Crippen LogP contribution in [0.25, 0.3) is 0 Å². The summed E-state index contributed by atoms with van der Waals surface area (Å²) in [5, 5.41) is 9.01. The van der Waals surface area contributed by atoms with Gasteiger partial charge in [0.05, 0.1) is 0 Å². The Morgan fingerprint density at radius 1 is 1.38 bits per heavy atom. The Hall–Kier alpha value is -1.57. The maximum atomic E-state index is 11.0. The van der Waals surface area contributed by atoms with Crippen LogP contribution in [0.4, 0.5) is 0 Å². The van der Waals surface area contributed by atoms with Crippen molar-refractivity contribution in [2.45, 2.75) is 32.1 Å². The largest absolute Gasteiger partial charge is 0.478 e. The molecule has 1 atom stereocenters. The van der Waals surface area contributed by atoms with Gasteiger partial charge in [0.25, 0.3) is 0 Å². The van der Waals surface area contributed by atoms with Crippen LogP contribution >= 0.6 is 0 Å². The van der Waals surface area contributed by atoms with Gasteiger partial charge in [-0.2, -0.15) is 0 Å². The zero-order valence-electron chi connectivity index (χ0n) is 9.65. The van der Waals surface area contributed by atoms with Gasteiger partial charge in [-0.15, -0.1) is 0 Å². The highest BCUT2D eigenvalue weighted by molar-refractivity contribution is 5.87. The molecule has 16 heavy (non-hydrogen) atoms. The molecule has 1 N–H and O–H groups in total. The molecule has 0 aliphatic heterocycles. The summed E-state index contributed by atoms with van der Waals surface area (Å²) in [6, 6.07) is 9.74. The van der Waals surface area contributed by atoms with Crippen LogP contribution < -0.4 is 0 Å². The van der Waals surface area contributed by atoms with E-state index in [0.717, 1.165) is 24.8 Å². The van der Waals surface area contributed by atoms with Crippen LogP contribution in [-0.2, 0) is 4.79 Å². The Bertz CT molecular complexity index is 354. The summed E-state index contributed by atoms with van der Waals surface area (Å²) in [7, 11) is 0. The summed E-state index contributed by atoms with van der Waals surface area (Å²) in [5.74, 6) is -0.955. The van der Waals surface area contributed by atoms with E-state index in [9.17, 15) is 4.79 Å². The smallest absolute Gasteiger partial charge is 0.331 e. The Morgan fingerprint density at radius 3 is 2.50 bits per heavy atom. The van der Waals surface area contributed by atoms with Crippen molar-refractivity contribution >= 4 is 5.97 Å². The minimum Gasteiger partial charge on any atom is -0.478 e. The van der Waals surface area contributed by atoms with E-state index in [1.165, 1.54) is 0 Å². The molecule has 0 saturated heterocycles. The van der Waals surface area contributed by atoms with Crippen molar-refractivity contribution in [3.8, 4) is 0 Å². The van der Waals surface area contributed by atoms with E-state index < -0.39 is 5.97 Å². The van der Waals surface area contributed by atoms with Gasteiger partial charge in [0.1, 0.15) is 0 Å². The van der Waals surface area contributed by atoms with Crippen LogP contribution in [0.5, 0.6) is 0 Å². The number of carboxylic acids is 1. The molecule has 86 valence electrons. The number of carbonyl (C=O) groups is 1. The molecule has 0 aliphatic carbocycles. The molecule has 2 nitrogen and oxygen atoms in total. The summed E-state index contributed by atoms with van der Waals surface area (Å²) >= 11 is 0. The van der Waals surface area contributed by atoms with Gasteiger partial charge < -0.3 is 5.11 Å². The molecule has 1 aromatic rings.